The quantitative estimate of drug-likeness (QED) is 0.835. The van der Waals surface area contributed by atoms with Crippen LogP contribution in [-0.4, -0.2) is 38.3 Å². The lowest BCUT2D eigenvalue weighted by atomic mass is 10.1. The van der Waals surface area contributed by atoms with Crippen LogP contribution in [0.3, 0.4) is 0 Å². The lowest BCUT2D eigenvalue weighted by molar-refractivity contribution is 0.168. The molecule has 3 nitrogen and oxygen atoms in total. The summed E-state index contributed by atoms with van der Waals surface area (Å²) in [5.74, 6) is 1.72. The first kappa shape index (κ1) is 12.8. The largest absolute Gasteiger partial charge is 0.493 e. The number of rotatable bonds is 3. The van der Waals surface area contributed by atoms with E-state index in [1.54, 1.807) is 14.2 Å². The monoisotopic (exact) mass is 261 g/mol. The summed E-state index contributed by atoms with van der Waals surface area (Å²) in [6.45, 7) is 2.54. The van der Waals surface area contributed by atoms with Crippen molar-refractivity contribution in [2.24, 2.45) is 0 Å². The van der Waals surface area contributed by atoms with Crippen LogP contribution in [0.5, 0.6) is 11.5 Å². The second kappa shape index (κ2) is 5.41. The number of hydrogen-bond donors (Lipinski definition) is 0. The van der Waals surface area contributed by atoms with Crippen LogP contribution in [0.4, 0.5) is 0 Å². The highest BCUT2D eigenvalue weighted by atomic mass is 16.5. The van der Waals surface area contributed by atoms with Gasteiger partial charge in [-0.3, -0.25) is 4.90 Å². The van der Waals surface area contributed by atoms with E-state index in [1.165, 1.54) is 43.5 Å². The summed E-state index contributed by atoms with van der Waals surface area (Å²) in [5.41, 5.74) is 2.88. The Morgan fingerprint density at radius 1 is 0.895 bits per heavy atom. The van der Waals surface area contributed by atoms with Crippen molar-refractivity contribution < 1.29 is 9.47 Å². The van der Waals surface area contributed by atoms with Gasteiger partial charge in [0.05, 0.1) is 14.2 Å². The second-order valence-electron chi connectivity index (χ2n) is 5.63. The molecule has 1 aromatic carbocycles. The fourth-order valence-electron chi connectivity index (χ4n) is 3.46. The van der Waals surface area contributed by atoms with Crippen LogP contribution in [-0.2, 0) is 12.8 Å². The summed E-state index contributed by atoms with van der Waals surface area (Å²) in [6, 6.07) is 5.02. The van der Waals surface area contributed by atoms with Crippen molar-refractivity contribution in [1.82, 2.24) is 4.90 Å². The molecule has 0 spiro atoms. The van der Waals surface area contributed by atoms with Crippen LogP contribution in [0, 0.1) is 0 Å². The van der Waals surface area contributed by atoms with Crippen LogP contribution >= 0.6 is 0 Å². The zero-order valence-corrected chi connectivity index (χ0v) is 11.9. The van der Waals surface area contributed by atoms with E-state index in [2.05, 4.69) is 17.0 Å². The molecule has 19 heavy (non-hydrogen) atoms. The molecule has 1 aliphatic carbocycles. The first-order chi connectivity index (χ1) is 9.31. The highest BCUT2D eigenvalue weighted by Crippen LogP contribution is 2.36. The number of piperidine rings is 1. The smallest absolute Gasteiger partial charge is 0.161 e. The van der Waals surface area contributed by atoms with Crippen molar-refractivity contribution in [2.75, 3.05) is 27.3 Å². The van der Waals surface area contributed by atoms with Gasteiger partial charge in [0.25, 0.3) is 0 Å². The molecule has 0 radical (unpaired) electrons. The fourth-order valence-corrected chi connectivity index (χ4v) is 3.46. The van der Waals surface area contributed by atoms with Gasteiger partial charge in [-0.05, 0) is 62.0 Å². The summed E-state index contributed by atoms with van der Waals surface area (Å²) in [6.07, 6.45) is 6.45. The number of fused-ring (bicyclic) bond motifs is 1. The number of ether oxygens (including phenoxy) is 2. The van der Waals surface area contributed by atoms with Crippen LogP contribution in [0.2, 0.25) is 0 Å². The molecular formula is C16H23NO2. The lowest BCUT2D eigenvalue weighted by Gasteiger charge is -2.32. The van der Waals surface area contributed by atoms with Crippen LogP contribution < -0.4 is 9.47 Å². The first-order valence-corrected chi connectivity index (χ1v) is 7.29. The number of benzene rings is 1. The zero-order chi connectivity index (χ0) is 13.2. The van der Waals surface area contributed by atoms with Crippen molar-refractivity contribution in [2.45, 2.75) is 38.1 Å². The van der Waals surface area contributed by atoms with Gasteiger partial charge in [0, 0.05) is 6.04 Å². The maximum absolute atomic E-state index is 5.40. The van der Waals surface area contributed by atoms with Crippen LogP contribution in [0.1, 0.15) is 30.4 Å². The molecule has 0 bridgehead atoms. The number of methoxy groups -OCH3 is 2. The molecule has 3 heteroatoms. The molecule has 1 fully saturated rings. The molecular weight excluding hydrogens is 238 g/mol. The molecule has 2 aliphatic rings. The maximum atomic E-state index is 5.40. The van der Waals surface area contributed by atoms with Gasteiger partial charge in [0.2, 0.25) is 0 Å². The molecule has 1 aliphatic heterocycles. The molecule has 0 atom stereocenters. The van der Waals surface area contributed by atoms with E-state index < -0.39 is 0 Å². The lowest BCUT2D eigenvalue weighted by Crippen LogP contribution is -2.39. The number of likely N-dealkylation sites (tertiary alicyclic amines) is 1. The van der Waals surface area contributed by atoms with E-state index >= 15 is 0 Å². The molecule has 1 aromatic rings. The van der Waals surface area contributed by atoms with Crippen molar-refractivity contribution in [3.8, 4) is 11.5 Å². The molecule has 0 saturated carbocycles. The van der Waals surface area contributed by atoms with Crippen LogP contribution in [0.15, 0.2) is 12.1 Å². The normalized spacial score (nSPS) is 20.3. The summed E-state index contributed by atoms with van der Waals surface area (Å²) in [5, 5.41) is 0. The first-order valence-electron chi connectivity index (χ1n) is 7.29. The Morgan fingerprint density at radius 2 is 1.42 bits per heavy atom. The predicted molar refractivity (Wildman–Crippen MR) is 76.2 cm³/mol. The SMILES string of the molecule is COc1cc2c(cc1OC)CC(N1CCCCC1)C2. The third-order valence-corrected chi connectivity index (χ3v) is 4.52. The Labute approximate surface area is 115 Å². The minimum Gasteiger partial charge on any atom is -0.493 e. The van der Waals surface area contributed by atoms with Crippen molar-refractivity contribution in [1.29, 1.82) is 0 Å². The Morgan fingerprint density at radius 3 is 1.89 bits per heavy atom. The molecule has 0 unspecified atom stereocenters. The maximum Gasteiger partial charge on any atom is 0.161 e. The van der Waals surface area contributed by atoms with Gasteiger partial charge < -0.3 is 9.47 Å². The van der Waals surface area contributed by atoms with E-state index in [0.717, 1.165) is 24.3 Å². The van der Waals surface area contributed by atoms with Crippen molar-refractivity contribution in [3.63, 3.8) is 0 Å². The highest BCUT2D eigenvalue weighted by molar-refractivity contribution is 5.49. The van der Waals surface area contributed by atoms with Gasteiger partial charge in [0.15, 0.2) is 11.5 Å². The average molecular weight is 261 g/mol. The zero-order valence-electron chi connectivity index (χ0n) is 11.9. The Hall–Kier alpha value is -1.22. The van der Waals surface area contributed by atoms with Gasteiger partial charge in [-0.15, -0.1) is 0 Å². The Bertz CT molecular complexity index is 419. The number of nitrogens with zero attached hydrogens (tertiary/aromatic N) is 1. The molecule has 0 aromatic heterocycles. The standard InChI is InChI=1S/C16H23NO2/c1-18-15-10-12-8-14(17-6-4-3-5-7-17)9-13(12)11-16(15)19-2/h10-11,14H,3-9H2,1-2H3. The van der Waals surface area contributed by atoms with Gasteiger partial charge in [0.1, 0.15) is 0 Å². The Kier molecular flexibility index (Phi) is 3.65. The molecule has 3 rings (SSSR count). The van der Waals surface area contributed by atoms with E-state index in [-0.39, 0.29) is 0 Å². The average Bonchev–Trinajstić information content (AvgIpc) is 2.89. The molecule has 1 heterocycles. The summed E-state index contributed by atoms with van der Waals surface area (Å²) in [7, 11) is 3.42. The van der Waals surface area contributed by atoms with E-state index in [1.807, 2.05) is 0 Å². The van der Waals surface area contributed by atoms with Crippen molar-refractivity contribution >= 4 is 0 Å². The van der Waals surface area contributed by atoms with E-state index in [0.29, 0.717) is 6.04 Å². The topological polar surface area (TPSA) is 21.7 Å². The van der Waals surface area contributed by atoms with Gasteiger partial charge in [-0.2, -0.15) is 0 Å². The summed E-state index contributed by atoms with van der Waals surface area (Å²) < 4.78 is 10.8. The Balaban J connectivity index is 1.79. The van der Waals surface area contributed by atoms with Crippen LogP contribution in [0.25, 0.3) is 0 Å². The van der Waals surface area contributed by atoms with Gasteiger partial charge >= 0.3 is 0 Å². The second-order valence-corrected chi connectivity index (χ2v) is 5.63. The third-order valence-electron chi connectivity index (χ3n) is 4.52. The predicted octanol–water partition coefficient (Wildman–Crippen LogP) is 2.66. The highest BCUT2D eigenvalue weighted by Gasteiger charge is 2.28. The third kappa shape index (κ3) is 2.44. The molecule has 0 N–H and O–H groups in total. The fraction of sp³-hybridized carbons (Fsp3) is 0.625. The summed E-state index contributed by atoms with van der Waals surface area (Å²) >= 11 is 0. The minimum atomic E-state index is 0.687. The molecule has 0 amide bonds. The number of hydrogen-bond acceptors (Lipinski definition) is 3. The van der Waals surface area contributed by atoms with Gasteiger partial charge in [-0.25, -0.2) is 0 Å². The summed E-state index contributed by atoms with van der Waals surface area (Å²) in [4.78, 5) is 2.67. The minimum absolute atomic E-state index is 0.687. The molecule has 1 saturated heterocycles. The van der Waals surface area contributed by atoms with Gasteiger partial charge in [-0.1, -0.05) is 6.42 Å². The molecule has 104 valence electrons. The van der Waals surface area contributed by atoms with E-state index in [4.69, 9.17) is 9.47 Å². The van der Waals surface area contributed by atoms with Crippen molar-refractivity contribution in [3.05, 3.63) is 23.3 Å². The van der Waals surface area contributed by atoms with E-state index in [9.17, 15) is 0 Å².